The molecule has 2 rings (SSSR count). The van der Waals surface area contributed by atoms with Gasteiger partial charge in [-0.05, 0) is 30.0 Å². The van der Waals surface area contributed by atoms with Crippen LogP contribution in [0.25, 0.3) is 0 Å². The van der Waals surface area contributed by atoms with Crippen LogP contribution in [0.2, 0.25) is 0 Å². The van der Waals surface area contributed by atoms with Gasteiger partial charge in [0.2, 0.25) is 0 Å². The molecule has 0 radical (unpaired) electrons. The molecule has 0 aliphatic carbocycles. The van der Waals surface area contributed by atoms with Crippen LogP contribution >= 0.6 is 24.4 Å². The highest BCUT2D eigenvalue weighted by Crippen LogP contribution is 2.21. The highest BCUT2D eigenvalue weighted by atomic mass is 32.2. The van der Waals surface area contributed by atoms with Crippen molar-refractivity contribution in [3.05, 3.63) is 65.9 Å². The number of hydrogen-bond donors (Lipinski definition) is 5. The van der Waals surface area contributed by atoms with Crippen LogP contribution in [0.3, 0.4) is 0 Å². The minimum Gasteiger partial charge on any atom is -0.466 e. The predicted octanol–water partition coefficient (Wildman–Crippen LogP) is 2.30. The van der Waals surface area contributed by atoms with Gasteiger partial charge in [0.1, 0.15) is 5.70 Å². The summed E-state index contributed by atoms with van der Waals surface area (Å²) in [6.45, 7) is 0. The number of aliphatic hydroxyl groups is 2. The molecule has 0 unspecified atom stereocenters. The second-order valence-corrected chi connectivity index (χ2v) is 7.65. The molecule has 12 nitrogen and oxygen atoms in total. The van der Waals surface area contributed by atoms with Crippen LogP contribution in [0.1, 0.15) is 5.56 Å². The van der Waals surface area contributed by atoms with Crippen LogP contribution in [0.5, 0.6) is 0 Å². The molecule has 0 amide bonds. The first-order chi connectivity index (χ1) is 20.2. The molecule has 2 aromatic rings. The highest BCUT2D eigenvalue weighted by molar-refractivity contribution is 7.98. The van der Waals surface area contributed by atoms with Crippen LogP contribution in [-0.2, 0) is 43.9 Å². The molecule has 0 saturated heterocycles. The Morgan fingerprint density at radius 1 is 0.857 bits per heavy atom. The summed E-state index contributed by atoms with van der Waals surface area (Å²) in [5, 5.41) is 16.9. The summed E-state index contributed by atoms with van der Waals surface area (Å²) in [5.74, 6) is 1.48. The number of thiol groups is 1. The molecule has 5 N–H and O–H groups in total. The molecule has 232 valence electrons. The van der Waals surface area contributed by atoms with Gasteiger partial charge in [0.25, 0.3) is 0 Å². The topological polar surface area (TPSA) is 184 Å². The van der Waals surface area contributed by atoms with Crippen molar-refractivity contribution >= 4 is 59.6 Å². The van der Waals surface area contributed by atoms with Gasteiger partial charge in [0.05, 0.1) is 34.5 Å². The van der Waals surface area contributed by atoms with Crippen LogP contribution in [0.15, 0.2) is 65.2 Å². The fourth-order valence-corrected chi connectivity index (χ4v) is 3.02. The first-order valence-electron chi connectivity index (χ1n) is 11.5. The molecule has 0 aromatic heterocycles. The van der Waals surface area contributed by atoms with E-state index in [1.807, 2.05) is 60.6 Å². The van der Waals surface area contributed by atoms with E-state index in [9.17, 15) is 19.2 Å². The summed E-state index contributed by atoms with van der Waals surface area (Å²) in [7, 11) is 6.82. The number of carbonyl (C=O) groups is 4. The molecule has 0 saturated carbocycles. The minimum atomic E-state index is -0.759. The lowest BCUT2D eigenvalue weighted by Gasteiger charge is -2.12. The second kappa shape index (κ2) is 28.4. The lowest BCUT2D eigenvalue weighted by atomic mass is 10.2. The van der Waals surface area contributed by atoms with Crippen LogP contribution in [-0.4, -0.2) is 83.0 Å². The number of nitrogens with two attached hydrogens (primary N) is 1. The molecular weight excluding hydrogens is 588 g/mol. The third-order valence-corrected chi connectivity index (χ3v) is 5.25. The van der Waals surface area contributed by atoms with Crippen LogP contribution in [0.4, 0.5) is 11.4 Å². The Balaban J connectivity index is -0.000000558. The van der Waals surface area contributed by atoms with Gasteiger partial charge in [-0.2, -0.15) is 12.6 Å². The van der Waals surface area contributed by atoms with Crippen molar-refractivity contribution < 1.29 is 48.3 Å². The third-order valence-electron chi connectivity index (χ3n) is 4.10. The molecule has 0 bridgehead atoms. The number of para-hydroxylation sites is 2. The fourth-order valence-electron chi connectivity index (χ4n) is 2.23. The second-order valence-electron chi connectivity index (χ2n) is 6.49. The molecule has 2 aromatic carbocycles. The standard InChI is InChI=1S/C13H15NO4S.C7H9NS.C6H6O4.2CH4O/c1-17-12(15)7-11(13(16)18-2)14-10-6-4-3-5-9(10)8-19;1-9-7-5-3-2-4-6(7)8;1-9-5(7)3-4-6(8)10-2;2*1-2/h3-7,14,19H,8H2,1-2H3;2-5H,8H2,1H3;1-2H3;2*2H,1H3/b11-7+;;;;. The maximum atomic E-state index is 11.6. The number of aliphatic hydroxyl groups excluding tert-OH is 2. The first kappa shape index (κ1) is 42.3. The van der Waals surface area contributed by atoms with Crippen molar-refractivity contribution in [2.45, 2.75) is 10.6 Å². The van der Waals surface area contributed by atoms with E-state index < -0.39 is 23.9 Å². The van der Waals surface area contributed by atoms with E-state index in [1.54, 1.807) is 17.8 Å². The van der Waals surface area contributed by atoms with Gasteiger partial charge in [-0.1, -0.05) is 30.3 Å². The van der Waals surface area contributed by atoms with Gasteiger partial charge in [0.15, 0.2) is 0 Å². The van der Waals surface area contributed by atoms with Crippen molar-refractivity contribution in [3.8, 4) is 11.8 Å². The van der Waals surface area contributed by atoms with E-state index in [0.29, 0.717) is 11.4 Å². The van der Waals surface area contributed by atoms with E-state index >= 15 is 0 Å². The van der Waals surface area contributed by atoms with Crippen molar-refractivity contribution in [3.63, 3.8) is 0 Å². The Morgan fingerprint density at radius 3 is 1.76 bits per heavy atom. The average molecular weight is 627 g/mol. The summed E-state index contributed by atoms with van der Waals surface area (Å²) in [5.41, 5.74) is 8.05. The number of rotatable bonds is 6. The number of thioether (sulfide) groups is 1. The minimum absolute atomic E-state index is 0.00332. The van der Waals surface area contributed by atoms with Gasteiger partial charge in [-0.15, -0.1) is 11.8 Å². The smallest absolute Gasteiger partial charge is 0.384 e. The summed E-state index contributed by atoms with van der Waals surface area (Å²) in [4.78, 5) is 44.4. The zero-order valence-corrected chi connectivity index (χ0v) is 26.2. The zero-order chi connectivity index (χ0) is 32.9. The number of nitrogen functional groups attached to an aromatic ring is 1. The van der Waals surface area contributed by atoms with Crippen molar-refractivity contribution in [2.24, 2.45) is 0 Å². The Bertz CT molecular complexity index is 1160. The number of ether oxygens (including phenoxy) is 4. The zero-order valence-electron chi connectivity index (χ0n) is 24.5. The van der Waals surface area contributed by atoms with Crippen molar-refractivity contribution in [1.29, 1.82) is 0 Å². The quantitative estimate of drug-likeness (QED) is 0.0461. The number of anilines is 2. The normalized spacial score (nSPS) is 8.86. The molecule has 0 fully saturated rings. The summed E-state index contributed by atoms with van der Waals surface area (Å²) in [6.07, 6.45) is 3.06. The maximum absolute atomic E-state index is 11.6. The molecule has 0 heterocycles. The molecule has 14 heteroatoms. The number of benzene rings is 2. The van der Waals surface area contributed by atoms with Gasteiger partial charge in [-0.25, -0.2) is 19.2 Å². The maximum Gasteiger partial charge on any atom is 0.384 e. The average Bonchev–Trinajstić information content (AvgIpc) is 3.05. The lowest BCUT2D eigenvalue weighted by molar-refractivity contribution is -0.138. The van der Waals surface area contributed by atoms with Crippen molar-refractivity contribution in [2.75, 3.05) is 60.0 Å². The van der Waals surface area contributed by atoms with E-state index in [2.05, 4.69) is 36.9 Å². The molecule has 0 aliphatic rings. The van der Waals surface area contributed by atoms with E-state index in [-0.39, 0.29) is 5.70 Å². The van der Waals surface area contributed by atoms with Crippen LogP contribution < -0.4 is 11.1 Å². The Kier molecular flexibility index (Phi) is 28.6. The number of nitrogens with one attached hydrogen (secondary N) is 1. The molecule has 42 heavy (non-hydrogen) atoms. The van der Waals surface area contributed by atoms with Crippen molar-refractivity contribution in [1.82, 2.24) is 0 Å². The highest BCUT2D eigenvalue weighted by Gasteiger charge is 2.13. The Morgan fingerprint density at radius 2 is 1.36 bits per heavy atom. The SMILES string of the molecule is CO.CO.COC(=O)/C=C(/Nc1ccccc1CS)C(=O)OC.COC(=O)C#CC(=O)OC.CSc1ccccc1N. The number of esters is 4. The van der Waals surface area contributed by atoms with Gasteiger partial charge >= 0.3 is 23.9 Å². The van der Waals surface area contributed by atoms with E-state index in [4.69, 9.17) is 15.9 Å². The predicted molar refractivity (Wildman–Crippen MR) is 166 cm³/mol. The van der Waals surface area contributed by atoms with Gasteiger partial charge in [-0.3, -0.25) is 0 Å². The summed E-state index contributed by atoms with van der Waals surface area (Å²) < 4.78 is 17.3. The monoisotopic (exact) mass is 626 g/mol. The van der Waals surface area contributed by atoms with E-state index in [0.717, 1.165) is 36.4 Å². The number of carbonyl (C=O) groups excluding carboxylic acids is 4. The molecule has 0 spiro atoms. The lowest BCUT2D eigenvalue weighted by Crippen LogP contribution is -2.16. The molecule has 0 aliphatic heterocycles. The van der Waals surface area contributed by atoms with E-state index in [1.165, 1.54) is 28.4 Å². The van der Waals surface area contributed by atoms with Gasteiger partial charge in [0, 0.05) is 48.1 Å². The summed E-state index contributed by atoms with van der Waals surface area (Å²) in [6, 6.07) is 15.2. The number of hydrogen-bond acceptors (Lipinski definition) is 14. The molecular formula is C28H38N2O10S2. The van der Waals surface area contributed by atoms with Gasteiger partial charge < -0.3 is 40.2 Å². The third kappa shape index (κ3) is 19.8. The molecule has 0 atom stereocenters. The first-order valence-corrected chi connectivity index (χ1v) is 13.3. The summed E-state index contributed by atoms with van der Waals surface area (Å²) >= 11 is 5.87. The fraction of sp³-hybridized carbons (Fsp3) is 0.286. The Labute approximate surface area is 256 Å². The van der Waals surface area contributed by atoms with Crippen LogP contribution in [0, 0.1) is 11.8 Å². The largest absolute Gasteiger partial charge is 0.466 e. The Hall–Kier alpha value is -4.16. The number of methoxy groups -OCH3 is 4.